The molecule has 3 rings (SSSR count). The quantitative estimate of drug-likeness (QED) is 0.852. The summed E-state index contributed by atoms with van der Waals surface area (Å²) < 4.78 is 0. The number of hydrogen-bond acceptors (Lipinski definition) is 3. The first-order valence-corrected chi connectivity index (χ1v) is 8.77. The number of thiophene rings is 1. The van der Waals surface area contributed by atoms with Crippen LogP contribution in [0.1, 0.15) is 37.7 Å². The highest BCUT2D eigenvalue weighted by atomic mass is 32.1. The lowest BCUT2D eigenvalue weighted by Gasteiger charge is -2.35. The number of piperazine rings is 1. The Balaban J connectivity index is 1.42. The Morgan fingerprint density at radius 1 is 1.20 bits per heavy atom. The largest absolute Gasteiger partial charge is 0.340 e. The summed E-state index contributed by atoms with van der Waals surface area (Å²) in [5.41, 5.74) is 1.40. The number of amides is 1. The Labute approximate surface area is 125 Å². The molecule has 1 aliphatic heterocycles. The van der Waals surface area contributed by atoms with Crippen molar-refractivity contribution in [2.45, 2.75) is 38.6 Å². The van der Waals surface area contributed by atoms with Crippen molar-refractivity contribution < 1.29 is 4.79 Å². The van der Waals surface area contributed by atoms with Crippen LogP contribution in [0.5, 0.6) is 0 Å². The molecule has 1 aliphatic carbocycles. The zero-order valence-corrected chi connectivity index (χ0v) is 12.9. The van der Waals surface area contributed by atoms with E-state index in [2.05, 4.69) is 26.6 Å². The van der Waals surface area contributed by atoms with Crippen molar-refractivity contribution in [1.82, 2.24) is 9.80 Å². The van der Waals surface area contributed by atoms with Gasteiger partial charge in [0.05, 0.1) is 0 Å². The second kappa shape index (κ2) is 6.72. The summed E-state index contributed by atoms with van der Waals surface area (Å²) in [7, 11) is 0. The van der Waals surface area contributed by atoms with Crippen molar-refractivity contribution in [3.05, 3.63) is 22.4 Å². The van der Waals surface area contributed by atoms with Gasteiger partial charge in [-0.3, -0.25) is 9.69 Å². The number of rotatable bonds is 4. The maximum atomic E-state index is 12.3. The van der Waals surface area contributed by atoms with Crippen LogP contribution in [0, 0.1) is 5.92 Å². The van der Waals surface area contributed by atoms with Crippen molar-refractivity contribution in [1.29, 1.82) is 0 Å². The van der Waals surface area contributed by atoms with Gasteiger partial charge in [-0.2, -0.15) is 11.3 Å². The lowest BCUT2D eigenvalue weighted by molar-refractivity contribution is -0.134. The summed E-state index contributed by atoms with van der Waals surface area (Å²) in [5.74, 6) is 1.07. The molecule has 110 valence electrons. The normalized spacial score (nSPS) is 21.5. The van der Waals surface area contributed by atoms with E-state index in [4.69, 9.17) is 0 Å². The summed E-state index contributed by atoms with van der Waals surface area (Å²) in [6.45, 7) is 4.90. The molecule has 0 unspecified atom stereocenters. The molecule has 3 nitrogen and oxygen atoms in total. The lowest BCUT2D eigenvalue weighted by atomic mass is 10.0. The molecule has 1 aromatic heterocycles. The first kappa shape index (κ1) is 14.1. The van der Waals surface area contributed by atoms with E-state index in [1.165, 1.54) is 31.2 Å². The predicted octanol–water partition coefficient (Wildman–Crippen LogP) is 2.97. The van der Waals surface area contributed by atoms with E-state index in [-0.39, 0.29) is 0 Å². The van der Waals surface area contributed by atoms with Gasteiger partial charge in [0.25, 0.3) is 0 Å². The first-order chi connectivity index (χ1) is 9.81. The van der Waals surface area contributed by atoms with Crippen molar-refractivity contribution in [2.24, 2.45) is 5.92 Å². The van der Waals surface area contributed by atoms with E-state index in [1.807, 2.05) is 0 Å². The molecule has 1 saturated carbocycles. The summed E-state index contributed by atoms with van der Waals surface area (Å²) >= 11 is 1.76. The molecule has 2 aliphatic rings. The highest BCUT2D eigenvalue weighted by molar-refractivity contribution is 7.07. The zero-order valence-electron chi connectivity index (χ0n) is 12.1. The Hall–Kier alpha value is -0.870. The summed E-state index contributed by atoms with van der Waals surface area (Å²) in [5, 5.41) is 4.36. The molecule has 1 saturated heterocycles. The van der Waals surface area contributed by atoms with Crippen LogP contribution in [0.15, 0.2) is 16.8 Å². The highest BCUT2D eigenvalue weighted by Crippen LogP contribution is 2.28. The van der Waals surface area contributed by atoms with Gasteiger partial charge in [-0.05, 0) is 41.1 Å². The Morgan fingerprint density at radius 2 is 1.95 bits per heavy atom. The Morgan fingerprint density at radius 3 is 2.60 bits per heavy atom. The maximum absolute atomic E-state index is 12.3. The van der Waals surface area contributed by atoms with E-state index in [1.54, 1.807) is 11.3 Å². The molecule has 0 bridgehead atoms. The molecular formula is C16H24N2OS. The molecule has 0 radical (unpaired) electrons. The second-order valence-corrected chi connectivity index (χ2v) is 6.92. The van der Waals surface area contributed by atoms with Gasteiger partial charge >= 0.3 is 0 Å². The minimum atomic E-state index is 0.395. The van der Waals surface area contributed by atoms with Gasteiger partial charge in [0.2, 0.25) is 5.91 Å². The molecule has 4 heteroatoms. The molecule has 0 atom stereocenters. The summed E-state index contributed by atoms with van der Waals surface area (Å²) in [4.78, 5) is 16.8. The average Bonchev–Trinajstić information content (AvgIpc) is 3.13. The van der Waals surface area contributed by atoms with Gasteiger partial charge in [-0.15, -0.1) is 0 Å². The molecule has 0 N–H and O–H groups in total. The van der Waals surface area contributed by atoms with Crippen molar-refractivity contribution >= 4 is 17.2 Å². The highest BCUT2D eigenvalue weighted by Gasteiger charge is 2.25. The van der Waals surface area contributed by atoms with Crippen LogP contribution in [0.3, 0.4) is 0 Å². The summed E-state index contributed by atoms with van der Waals surface area (Å²) in [6.07, 6.45) is 5.98. The fourth-order valence-electron chi connectivity index (χ4n) is 3.39. The minimum absolute atomic E-state index is 0.395. The van der Waals surface area contributed by atoms with Crippen LogP contribution in [0.2, 0.25) is 0 Å². The van der Waals surface area contributed by atoms with Gasteiger partial charge in [-0.1, -0.05) is 12.8 Å². The van der Waals surface area contributed by atoms with Crippen LogP contribution >= 0.6 is 11.3 Å². The second-order valence-electron chi connectivity index (χ2n) is 6.14. The van der Waals surface area contributed by atoms with Crippen molar-refractivity contribution in [2.75, 3.05) is 26.2 Å². The zero-order chi connectivity index (χ0) is 13.8. The minimum Gasteiger partial charge on any atom is -0.340 e. The van der Waals surface area contributed by atoms with Crippen LogP contribution in [0.25, 0.3) is 0 Å². The van der Waals surface area contributed by atoms with E-state index in [0.717, 1.165) is 39.1 Å². The van der Waals surface area contributed by atoms with Gasteiger partial charge < -0.3 is 4.90 Å². The van der Waals surface area contributed by atoms with Crippen LogP contribution < -0.4 is 0 Å². The Bertz CT molecular complexity index is 418. The number of nitrogens with zero attached hydrogens (tertiary/aromatic N) is 2. The fraction of sp³-hybridized carbons (Fsp3) is 0.688. The van der Waals surface area contributed by atoms with Crippen LogP contribution in [-0.2, 0) is 11.3 Å². The molecule has 0 aromatic carbocycles. The van der Waals surface area contributed by atoms with Gasteiger partial charge in [-0.25, -0.2) is 0 Å². The van der Waals surface area contributed by atoms with Crippen molar-refractivity contribution in [3.63, 3.8) is 0 Å². The lowest BCUT2D eigenvalue weighted by Crippen LogP contribution is -2.48. The standard InChI is InChI=1S/C16H24N2OS/c19-16(11-14-3-1-2-4-14)18-8-6-17(7-9-18)12-15-5-10-20-13-15/h5,10,13-14H,1-4,6-9,11-12H2. The van der Waals surface area contributed by atoms with E-state index >= 15 is 0 Å². The smallest absolute Gasteiger partial charge is 0.222 e. The van der Waals surface area contributed by atoms with Crippen molar-refractivity contribution in [3.8, 4) is 0 Å². The molecule has 20 heavy (non-hydrogen) atoms. The Kier molecular flexibility index (Phi) is 4.73. The third-order valence-corrected chi connectivity index (χ3v) is 5.38. The number of carbonyl (C=O) groups is 1. The average molecular weight is 292 g/mol. The number of carbonyl (C=O) groups excluding carboxylic acids is 1. The van der Waals surface area contributed by atoms with Gasteiger partial charge in [0, 0.05) is 39.1 Å². The molecular weight excluding hydrogens is 268 g/mol. The van der Waals surface area contributed by atoms with E-state index in [0.29, 0.717) is 11.8 Å². The van der Waals surface area contributed by atoms with Crippen LogP contribution in [-0.4, -0.2) is 41.9 Å². The predicted molar refractivity (Wildman–Crippen MR) is 82.8 cm³/mol. The van der Waals surface area contributed by atoms with Gasteiger partial charge in [0.15, 0.2) is 0 Å². The molecule has 0 spiro atoms. The third kappa shape index (κ3) is 3.61. The number of hydrogen-bond donors (Lipinski definition) is 0. The van der Waals surface area contributed by atoms with Crippen LogP contribution in [0.4, 0.5) is 0 Å². The SMILES string of the molecule is O=C(CC1CCCC1)N1CCN(Cc2ccsc2)CC1. The van der Waals surface area contributed by atoms with E-state index in [9.17, 15) is 4.79 Å². The van der Waals surface area contributed by atoms with E-state index < -0.39 is 0 Å². The monoisotopic (exact) mass is 292 g/mol. The maximum Gasteiger partial charge on any atom is 0.222 e. The molecule has 1 aromatic rings. The molecule has 2 heterocycles. The molecule has 2 fully saturated rings. The fourth-order valence-corrected chi connectivity index (χ4v) is 4.05. The first-order valence-electron chi connectivity index (χ1n) is 7.82. The topological polar surface area (TPSA) is 23.6 Å². The third-order valence-electron chi connectivity index (χ3n) is 4.65. The molecule has 1 amide bonds. The van der Waals surface area contributed by atoms with Gasteiger partial charge in [0.1, 0.15) is 0 Å². The summed E-state index contributed by atoms with van der Waals surface area (Å²) in [6, 6.07) is 2.20.